The van der Waals surface area contributed by atoms with Gasteiger partial charge in [0.1, 0.15) is 11.6 Å². The molecular formula is C19H24N4O. The third kappa shape index (κ3) is 3.08. The summed E-state index contributed by atoms with van der Waals surface area (Å²) in [5, 5.41) is 3.13. The minimum absolute atomic E-state index is 0.0417. The first-order valence-corrected chi connectivity index (χ1v) is 8.94. The van der Waals surface area contributed by atoms with Gasteiger partial charge in [0.25, 0.3) is 0 Å². The number of imidazole rings is 1. The highest BCUT2D eigenvalue weighted by atomic mass is 16.2. The van der Waals surface area contributed by atoms with Gasteiger partial charge in [0, 0.05) is 19.5 Å². The van der Waals surface area contributed by atoms with Crippen molar-refractivity contribution in [3.05, 3.63) is 47.9 Å². The highest BCUT2D eigenvalue weighted by molar-refractivity contribution is 5.94. The Bertz CT molecular complexity index is 709. The van der Waals surface area contributed by atoms with Crippen molar-refractivity contribution in [1.29, 1.82) is 0 Å². The molecule has 1 atom stereocenters. The van der Waals surface area contributed by atoms with Crippen LogP contribution in [0.3, 0.4) is 0 Å². The van der Waals surface area contributed by atoms with Crippen LogP contribution in [-0.4, -0.2) is 32.9 Å². The fraction of sp³-hybridized carbons (Fsp3) is 0.474. The van der Waals surface area contributed by atoms with Crippen LogP contribution in [0.25, 0.3) is 0 Å². The van der Waals surface area contributed by atoms with Crippen LogP contribution in [0.2, 0.25) is 0 Å². The molecule has 1 saturated heterocycles. The molecule has 1 aromatic carbocycles. The maximum Gasteiger partial charge on any atom is 0.242 e. The number of aromatic nitrogens is 2. The predicted octanol–water partition coefficient (Wildman–Crippen LogP) is 2.82. The summed E-state index contributed by atoms with van der Waals surface area (Å²) in [4.78, 5) is 19.6. The molecule has 1 unspecified atom stereocenters. The molecule has 5 heteroatoms. The third-order valence-corrected chi connectivity index (χ3v) is 5.12. The van der Waals surface area contributed by atoms with E-state index in [0.29, 0.717) is 0 Å². The van der Waals surface area contributed by atoms with Gasteiger partial charge in [-0.25, -0.2) is 4.98 Å². The normalized spacial score (nSPS) is 20.8. The van der Waals surface area contributed by atoms with Gasteiger partial charge in [0.2, 0.25) is 5.91 Å². The maximum atomic E-state index is 12.8. The van der Waals surface area contributed by atoms with E-state index in [2.05, 4.69) is 44.0 Å². The summed E-state index contributed by atoms with van der Waals surface area (Å²) in [5.74, 6) is 2.07. The summed E-state index contributed by atoms with van der Waals surface area (Å²) < 4.78 is 2.16. The molecule has 126 valence electrons. The van der Waals surface area contributed by atoms with Crippen LogP contribution in [0.1, 0.15) is 37.1 Å². The Hall–Kier alpha value is -2.14. The van der Waals surface area contributed by atoms with Crippen molar-refractivity contribution in [1.82, 2.24) is 14.5 Å². The van der Waals surface area contributed by atoms with Gasteiger partial charge in [-0.1, -0.05) is 30.3 Å². The average Bonchev–Trinajstić information content (AvgIpc) is 3.23. The Balaban J connectivity index is 1.44. The summed E-state index contributed by atoms with van der Waals surface area (Å²) in [6.07, 6.45) is 7.19. The number of rotatable bonds is 4. The lowest BCUT2D eigenvalue weighted by Crippen LogP contribution is -2.39. The Morgan fingerprint density at radius 1 is 1.17 bits per heavy atom. The van der Waals surface area contributed by atoms with Crippen molar-refractivity contribution in [2.75, 3.05) is 11.9 Å². The smallest absolute Gasteiger partial charge is 0.242 e. The second-order valence-corrected chi connectivity index (χ2v) is 6.77. The summed E-state index contributed by atoms with van der Waals surface area (Å²) in [7, 11) is 0. The molecule has 3 heterocycles. The van der Waals surface area contributed by atoms with E-state index in [-0.39, 0.29) is 11.9 Å². The Morgan fingerprint density at radius 3 is 2.92 bits per heavy atom. The highest BCUT2D eigenvalue weighted by Crippen LogP contribution is 2.23. The molecule has 0 radical (unpaired) electrons. The first-order chi connectivity index (χ1) is 11.8. The van der Waals surface area contributed by atoms with Crippen molar-refractivity contribution >= 4 is 11.7 Å². The molecule has 0 spiro atoms. The van der Waals surface area contributed by atoms with Crippen molar-refractivity contribution < 1.29 is 4.79 Å². The molecule has 1 fully saturated rings. The van der Waals surface area contributed by atoms with Gasteiger partial charge in [-0.05, 0) is 37.8 Å². The number of aryl methyl sites for hydroxylation is 1. The Labute approximate surface area is 142 Å². The first kappa shape index (κ1) is 15.4. The summed E-state index contributed by atoms with van der Waals surface area (Å²) in [6.45, 7) is 2.78. The number of nitrogens with zero attached hydrogens (tertiary/aromatic N) is 3. The van der Waals surface area contributed by atoms with Gasteiger partial charge in [0.15, 0.2) is 0 Å². The fourth-order valence-corrected chi connectivity index (χ4v) is 3.86. The third-order valence-electron chi connectivity index (χ3n) is 5.12. The lowest BCUT2D eigenvalue weighted by molar-refractivity contribution is -0.120. The van der Waals surface area contributed by atoms with Gasteiger partial charge in [0.05, 0.1) is 12.2 Å². The van der Waals surface area contributed by atoms with E-state index in [4.69, 9.17) is 0 Å². The summed E-state index contributed by atoms with van der Waals surface area (Å²) >= 11 is 0. The molecule has 4 rings (SSSR count). The van der Waals surface area contributed by atoms with Gasteiger partial charge in [-0.15, -0.1) is 0 Å². The number of likely N-dealkylation sites (tertiary alicyclic amines) is 1. The minimum Gasteiger partial charge on any atom is -0.315 e. The minimum atomic E-state index is -0.0417. The van der Waals surface area contributed by atoms with Crippen LogP contribution in [0, 0.1) is 0 Å². The number of carbonyl (C=O) groups is 1. The number of hydrogen-bond donors (Lipinski definition) is 1. The lowest BCUT2D eigenvalue weighted by Gasteiger charge is -2.24. The molecule has 0 bridgehead atoms. The second-order valence-electron chi connectivity index (χ2n) is 6.77. The number of fused-ring (bicyclic) bond motifs is 1. The van der Waals surface area contributed by atoms with E-state index in [0.717, 1.165) is 57.0 Å². The number of hydrogen-bond acceptors (Lipinski definition) is 3. The molecule has 2 aromatic rings. The molecule has 2 aliphatic heterocycles. The van der Waals surface area contributed by atoms with E-state index in [1.54, 1.807) is 0 Å². The van der Waals surface area contributed by atoms with E-state index >= 15 is 0 Å². The molecule has 1 aromatic heterocycles. The highest BCUT2D eigenvalue weighted by Gasteiger charge is 2.31. The number of amides is 1. The fourth-order valence-electron chi connectivity index (χ4n) is 3.86. The zero-order valence-corrected chi connectivity index (χ0v) is 13.9. The molecule has 0 saturated carbocycles. The van der Waals surface area contributed by atoms with Crippen LogP contribution in [-0.2, 0) is 24.3 Å². The molecular weight excluding hydrogens is 300 g/mol. The lowest BCUT2D eigenvalue weighted by atomic mass is 10.1. The van der Waals surface area contributed by atoms with Gasteiger partial charge in [-0.3, -0.25) is 9.69 Å². The number of nitrogens with one attached hydrogen (secondary N) is 1. The molecule has 1 amide bonds. The van der Waals surface area contributed by atoms with Gasteiger partial charge >= 0.3 is 0 Å². The zero-order valence-electron chi connectivity index (χ0n) is 13.9. The maximum absolute atomic E-state index is 12.8. The largest absolute Gasteiger partial charge is 0.315 e. The number of carbonyl (C=O) groups excluding carboxylic acids is 1. The average molecular weight is 324 g/mol. The molecule has 0 aliphatic carbocycles. The molecule has 24 heavy (non-hydrogen) atoms. The monoisotopic (exact) mass is 324 g/mol. The summed E-state index contributed by atoms with van der Waals surface area (Å²) in [5.41, 5.74) is 1.26. The standard InChI is InChI=1S/C19H24N4O/c24-19(21-18-13-20-17-10-4-5-12-23(17)18)16-9-6-11-22(16)14-15-7-2-1-3-8-15/h1-3,7-8,13,16H,4-6,9-12,14H2,(H,21,24). The van der Waals surface area contributed by atoms with E-state index in [1.807, 2.05) is 12.3 Å². The number of anilines is 1. The predicted molar refractivity (Wildman–Crippen MR) is 93.7 cm³/mol. The summed E-state index contributed by atoms with van der Waals surface area (Å²) in [6, 6.07) is 10.3. The quantitative estimate of drug-likeness (QED) is 0.941. The van der Waals surface area contributed by atoms with Crippen LogP contribution in [0.4, 0.5) is 5.82 Å². The van der Waals surface area contributed by atoms with E-state index < -0.39 is 0 Å². The first-order valence-electron chi connectivity index (χ1n) is 8.94. The SMILES string of the molecule is O=C(Nc1cnc2n1CCCC2)C1CCCN1Cc1ccccc1. The van der Waals surface area contributed by atoms with E-state index in [1.165, 1.54) is 12.0 Å². The number of benzene rings is 1. The van der Waals surface area contributed by atoms with Gasteiger partial charge < -0.3 is 9.88 Å². The van der Waals surface area contributed by atoms with E-state index in [9.17, 15) is 4.79 Å². The van der Waals surface area contributed by atoms with Crippen molar-refractivity contribution in [2.24, 2.45) is 0 Å². The Morgan fingerprint density at radius 2 is 2.04 bits per heavy atom. The van der Waals surface area contributed by atoms with Crippen molar-refractivity contribution in [3.8, 4) is 0 Å². The van der Waals surface area contributed by atoms with Crippen LogP contribution >= 0.6 is 0 Å². The molecule has 2 aliphatic rings. The molecule has 5 nitrogen and oxygen atoms in total. The van der Waals surface area contributed by atoms with Crippen LogP contribution in [0.5, 0.6) is 0 Å². The second kappa shape index (κ2) is 6.77. The van der Waals surface area contributed by atoms with Crippen LogP contribution in [0.15, 0.2) is 36.5 Å². The van der Waals surface area contributed by atoms with Crippen molar-refractivity contribution in [2.45, 2.75) is 51.2 Å². The van der Waals surface area contributed by atoms with Gasteiger partial charge in [-0.2, -0.15) is 0 Å². The Kier molecular flexibility index (Phi) is 4.34. The zero-order chi connectivity index (χ0) is 16.4. The van der Waals surface area contributed by atoms with Crippen molar-refractivity contribution in [3.63, 3.8) is 0 Å². The molecule has 1 N–H and O–H groups in total. The van der Waals surface area contributed by atoms with Crippen LogP contribution < -0.4 is 5.32 Å². The topological polar surface area (TPSA) is 50.2 Å².